The number of nitrogens with zero attached hydrogens (tertiary/aromatic N) is 2. The lowest BCUT2D eigenvalue weighted by atomic mass is 10.2. The van der Waals surface area contributed by atoms with Crippen molar-refractivity contribution in [3.05, 3.63) is 0 Å². The molecule has 0 unspecified atom stereocenters. The molecule has 0 N–H and O–H groups in total. The van der Waals surface area contributed by atoms with E-state index in [2.05, 4.69) is 9.89 Å². The fourth-order valence-corrected chi connectivity index (χ4v) is 2.64. The summed E-state index contributed by atoms with van der Waals surface area (Å²) in [6.07, 6.45) is 4.08. The molecule has 12 heavy (non-hydrogen) atoms. The van der Waals surface area contributed by atoms with E-state index < -0.39 is 0 Å². The van der Waals surface area contributed by atoms with Crippen LogP contribution in [0.3, 0.4) is 0 Å². The van der Waals surface area contributed by atoms with Gasteiger partial charge in [-0.05, 0) is 32.4 Å². The van der Waals surface area contributed by atoms with Gasteiger partial charge in [-0.3, -0.25) is 4.99 Å². The highest BCUT2D eigenvalue weighted by atomic mass is 32.2. The minimum absolute atomic E-state index is 0.621. The largest absolute Gasteiger partial charge is 0.303 e. The number of hydrogen-bond acceptors (Lipinski definition) is 3. The first kappa shape index (κ1) is 8.57. The molecule has 68 valence electrons. The van der Waals surface area contributed by atoms with Crippen molar-refractivity contribution in [3.63, 3.8) is 0 Å². The highest BCUT2D eigenvalue weighted by molar-refractivity contribution is 8.12. The van der Waals surface area contributed by atoms with E-state index in [0.717, 1.165) is 0 Å². The number of thioether (sulfide) groups is 1. The van der Waals surface area contributed by atoms with Crippen LogP contribution in [0.15, 0.2) is 4.99 Å². The maximum absolute atomic E-state index is 4.41. The number of hydrogen-bond donors (Lipinski definition) is 0. The molecule has 1 atom stereocenters. The summed E-state index contributed by atoms with van der Waals surface area (Å²) in [4.78, 5) is 6.98. The van der Waals surface area contributed by atoms with Gasteiger partial charge in [0.25, 0.3) is 0 Å². The molecule has 0 radical (unpaired) electrons. The average Bonchev–Trinajstić information content (AvgIpc) is 2.74. The molecular weight excluding hydrogens is 168 g/mol. The Bertz CT molecular complexity index is 164. The van der Waals surface area contributed by atoms with E-state index in [0.29, 0.717) is 6.04 Å². The summed E-state index contributed by atoms with van der Waals surface area (Å²) < 4.78 is 0. The molecule has 0 aromatic heterocycles. The van der Waals surface area contributed by atoms with Gasteiger partial charge in [0.2, 0.25) is 0 Å². The van der Waals surface area contributed by atoms with Gasteiger partial charge in [0.1, 0.15) is 0 Å². The monoisotopic (exact) mass is 184 g/mol. The molecule has 0 bridgehead atoms. The zero-order chi connectivity index (χ0) is 8.23. The van der Waals surface area contributed by atoms with Crippen LogP contribution in [0, 0.1) is 0 Å². The van der Waals surface area contributed by atoms with E-state index in [9.17, 15) is 0 Å². The molecule has 2 rings (SSSR count). The lowest BCUT2D eigenvalue weighted by molar-refractivity contribution is 0.326. The third kappa shape index (κ3) is 2.23. The molecule has 0 amide bonds. The van der Waals surface area contributed by atoms with E-state index in [4.69, 9.17) is 0 Å². The van der Waals surface area contributed by atoms with Crippen molar-refractivity contribution in [3.8, 4) is 0 Å². The predicted octanol–water partition coefficient (Wildman–Crippen LogP) is 1.62. The average molecular weight is 184 g/mol. The summed E-state index contributed by atoms with van der Waals surface area (Å²) in [5, 5.41) is 0. The first-order chi connectivity index (χ1) is 5.95. The third-order valence-corrected chi connectivity index (χ3v) is 3.46. The van der Waals surface area contributed by atoms with Gasteiger partial charge in [-0.25, -0.2) is 0 Å². The molecule has 0 aromatic carbocycles. The van der Waals surface area contributed by atoms with Gasteiger partial charge >= 0.3 is 0 Å². The Balaban J connectivity index is 1.63. The van der Waals surface area contributed by atoms with E-state index in [1.165, 1.54) is 44.6 Å². The summed E-state index contributed by atoms with van der Waals surface area (Å²) in [6, 6.07) is 0.621. The third-order valence-electron chi connectivity index (χ3n) is 2.61. The van der Waals surface area contributed by atoms with E-state index in [1.807, 2.05) is 17.3 Å². The number of likely N-dealkylation sites (tertiary alicyclic amines) is 1. The van der Waals surface area contributed by atoms with Crippen LogP contribution in [0.4, 0.5) is 0 Å². The molecule has 1 fully saturated rings. The Morgan fingerprint density at radius 2 is 2.25 bits per heavy atom. The van der Waals surface area contributed by atoms with Crippen LogP contribution in [0.5, 0.6) is 0 Å². The zero-order valence-electron chi connectivity index (χ0n) is 7.41. The Labute approximate surface area is 78.4 Å². The molecular formula is C9H16N2S. The molecule has 1 saturated heterocycles. The first-order valence-electron chi connectivity index (χ1n) is 4.81. The fraction of sp³-hybridized carbons (Fsp3) is 0.889. The van der Waals surface area contributed by atoms with Crippen molar-refractivity contribution in [2.75, 3.05) is 25.4 Å². The topological polar surface area (TPSA) is 15.6 Å². The van der Waals surface area contributed by atoms with Crippen molar-refractivity contribution in [2.24, 2.45) is 4.99 Å². The second kappa shape index (κ2) is 4.28. The van der Waals surface area contributed by atoms with Gasteiger partial charge in [-0.1, -0.05) is 0 Å². The minimum Gasteiger partial charge on any atom is -0.303 e. The van der Waals surface area contributed by atoms with Crippen LogP contribution < -0.4 is 0 Å². The Kier molecular flexibility index (Phi) is 3.06. The minimum atomic E-state index is 0.621. The molecule has 3 heteroatoms. The van der Waals surface area contributed by atoms with E-state index >= 15 is 0 Å². The molecule has 0 saturated carbocycles. The van der Waals surface area contributed by atoms with Gasteiger partial charge < -0.3 is 4.90 Å². The number of rotatable bonds is 3. The van der Waals surface area contributed by atoms with Gasteiger partial charge in [0, 0.05) is 12.3 Å². The highest BCUT2D eigenvalue weighted by Crippen LogP contribution is 2.16. The standard InChI is InChI=1S/C9H16N2S/c1-2-5-11(4-1)6-3-9-7-12-8-10-9/h8-9H,1-7H2/t9-/m0/s1. The molecule has 2 heterocycles. The van der Waals surface area contributed by atoms with E-state index in [-0.39, 0.29) is 0 Å². The Morgan fingerprint density at radius 1 is 1.42 bits per heavy atom. The summed E-state index contributed by atoms with van der Waals surface area (Å²) in [7, 11) is 0. The van der Waals surface area contributed by atoms with Crippen LogP contribution in [-0.2, 0) is 0 Å². The fourth-order valence-electron chi connectivity index (χ4n) is 1.82. The van der Waals surface area contributed by atoms with Gasteiger partial charge in [0.05, 0.1) is 11.6 Å². The lowest BCUT2D eigenvalue weighted by Crippen LogP contribution is -2.23. The summed E-state index contributed by atoms with van der Waals surface area (Å²) >= 11 is 1.85. The molecule has 0 aliphatic carbocycles. The Morgan fingerprint density at radius 3 is 2.92 bits per heavy atom. The van der Waals surface area contributed by atoms with Crippen LogP contribution in [0.1, 0.15) is 19.3 Å². The predicted molar refractivity (Wildman–Crippen MR) is 55.0 cm³/mol. The number of aliphatic imine (C=N–C) groups is 1. The van der Waals surface area contributed by atoms with Crippen LogP contribution in [-0.4, -0.2) is 41.9 Å². The summed E-state index contributed by atoms with van der Waals surface area (Å²) in [5.74, 6) is 1.22. The quantitative estimate of drug-likeness (QED) is 0.662. The van der Waals surface area contributed by atoms with Crippen molar-refractivity contribution >= 4 is 17.3 Å². The maximum atomic E-state index is 4.41. The van der Waals surface area contributed by atoms with Crippen molar-refractivity contribution in [1.29, 1.82) is 0 Å². The molecule has 0 aromatic rings. The zero-order valence-corrected chi connectivity index (χ0v) is 8.22. The van der Waals surface area contributed by atoms with Crippen molar-refractivity contribution < 1.29 is 0 Å². The van der Waals surface area contributed by atoms with Gasteiger partial charge in [-0.2, -0.15) is 0 Å². The summed E-state index contributed by atoms with van der Waals surface area (Å²) in [5.41, 5.74) is 2.01. The van der Waals surface area contributed by atoms with Gasteiger partial charge in [-0.15, -0.1) is 11.8 Å². The summed E-state index contributed by atoms with van der Waals surface area (Å²) in [6.45, 7) is 3.91. The second-order valence-electron chi connectivity index (χ2n) is 3.58. The van der Waals surface area contributed by atoms with Crippen LogP contribution in [0.2, 0.25) is 0 Å². The normalized spacial score (nSPS) is 30.2. The van der Waals surface area contributed by atoms with Crippen molar-refractivity contribution in [2.45, 2.75) is 25.3 Å². The highest BCUT2D eigenvalue weighted by Gasteiger charge is 2.15. The van der Waals surface area contributed by atoms with Gasteiger partial charge in [0.15, 0.2) is 0 Å². The molecule has 2 nitrogen and oxygen atoms in total. The Hall–Kier alpha value is -0.0200. The SMILES string of the molecule is C1=N[C@@H](CCN2CCCC2)CS1. The second-order valence-corrected chi connectivity index (χ2v) is 4.46. The molecule has 0 spiro atoms. The lowest BCUT2D eigenvalue weighted by Gasteiger charge is -2.15. The first-order valence-corrected chi connectivity index (χ1v) is 5.85. The van der Waals surface area contributed by atoms with Crippen LogP contribution >= 0.6 is 11.8 Å². The maximum Gasteiger partial charge on any atom is 0.0612 e. The van der Waals surface area contributed by atoms with Crippen LogP contribution in [0.25, 0.3) is 0 Å². The molecule has 2 aliphatic heterocycles. The molecule has 2 aliphatic rings. The smallest absolute Gasteiger partial charge is 0.0612 e. The van der Waals surface area contributed by atoms with Crippen molar-refractivity contribution in [1.82, 2.24) is 4.90 Å². The van der Waals surface area contributed by atoms with E-state index in [1.54, 1.807) is 0 Å².